The molecule has 1 unspecified atom stereocenters. The Kier molecular flexibility index (Phi) is 22.0. The van der Waals surface area contributed by atoms with Crippen LogP contribution in [0, 0.1) is 30.1 Å². The third-order valence-electron chi connectivity index (χ3n) is 14.2. The molecule has 1 aromatic rings. The molecule has 5 heterocycles. The molecule has 1 atom stereocenters. The molecule has 0 N–H and O–H groups in total. The predicted octanol–water partition coefficient (Wildman–Crippen LogP) is 12.0. The zero-order valence-electron chi connectivity index (χ0n) is 43.3. The van der Waals surface area contributed by atoms with Gasteiger partial charge < -0.3 is 4.90 Å². The smallest absolute Gasteiger partial charge is 0.125 e. The van der Waals surface area contributed by atoms with Crippen LogP contribution in [0.2, 0.25) is 0 Å². The number of fused-ring (bicyclic) bond motifs is 1. The zero-order valence-corrected chi connectivity index (χ0v) is 43.3. The van der Waals surface area contributed by atoms with E-state index in [1.54, 1.807) is 0 Å². The van der Waals surface area contributed by atoms with Crippen LogP contribution < -0.4 is 0 Å². The van der Waals surface area contributed by atoms with Crippen LogP contribution >= 0.6 is 0 Å². The SMILES string of the molecule is CC(C)(C)N1CCCCC1.CCC1CCC(C(C)(C)C)CC1.CCC1CCN(C(C)(C)C)C1.CN1CCN(C(C)(C)C)CC1.Cc1ncc2c(n1)CCN(C(C)(C)C)C2. The highest BCUT2D eigenvalue weighted by Gasteiger charge is 2.31. The van der Waals surface area contributed by atoms with E-state index in [4.69, 9.17) is 0 Å². The molecule has 0 bridgehead atoms. The molecule has 6 rings (SSSR count). The summed E-state index contributed by atoms with van der Waals surface area (Å²) in [5.41, 5.74) is 4.48. The van der Waals surface area contributed by atoms with Crippen molar-refractivity contribution in [3.8, 4) is 0 Å². The van der Waals surface area contributed by atoms with Crippen LogP contribution in [-0.4, -0.2) is 123 Å². The monoisotopic (exact) mass is 826 g/mol. The van der Waals surface area contributed by atoms with E-state index < -0.39 is 0 Å². The third-order valence-corrected chi connectivity index (χ3v) is 14.2. The summed E-state index contributed by atoms with van der Waals surface area (Å²) in [6.45, 7) is 53.5. The van der Waals surface area contributed by atoms with Crippen molar-refractivity contribution in [2.24, 2.45) is 23.2 Å². The number of aromatic nitrogens is 2. The molecule has 0 spiro atoms. The first-order valence-electron chi connectivity index (χ1n) is 24.6. The van der Waals surface area contributed by atoms with Gasteiger partial charge in [0.1, 0.15) is 5.82 Å². The van der Waals surface area contributed by atoms with Gasteiger partial charge in [0, 0.05) is 91.8 Å². The van der Waals surface area contributed by atoms with Crippen molar-refractivity contribution in [2.75, 3.05) is 66.0 Å². The number of piperidine rings is 1. The first-order chi connectivity index (χ1) is 27.1. The van der Waals surface area contributed by atoms with Gasteiger partial charge in [-0.05, 0) is 172 Å². The van der Waals surface area contributed by atoms with Crippen LogP contribution in [0.25, 0.3) is 0 Å². The highest BCUT2D eigenvalue weighted by molar-refractivity contribution is 5.20. The van der Waals surface area contributed by atoms with Crippen molar-refractivity contribution < 1.29 is 0 Å². The average molecular weight is 826 g/mol. The number of hydrogen-bond donors (Lipinski definition) is 0. The fraction of sp³-hybridized carbons (Fsp3) is 0.923. The summed E-state index contributed by atoms with van der Waals surface area (Å²) in [6, 6.07) is 0. The fourth-order valence-corrected chi connectivity index (χ4v) is 9.24. The normalized spacial score (nSPS) is 24.6. The molecular weight excluding hydrogens is 723 g/mol. The maximum atomic E-state index is 4.49. The van der Waals surface area contributed by atoms with Gasteiger partial charge in [0.15, 0.2) is 0 Å². The number of piperazine rings is 1. The largest absolute Gasteiger partial charge is 0.304 e. The van der Waals surface area contributed by atoms with E-state index in [1.165, 1.54) is 128 Å². The summed E-state index contributed by atoms with van der Waals surface area (Å²) in [5.74, 6) is 3.89. The number of nitrogens with zero attached hydrogens (tertiary/aromatic N) is 7. The third kappa shape index (κ3) is 20.3. The molecule has 0 radical (unpaired) electrons. The molecule has 1 aliphatic carbocycles. The van der Waals surface area contributed by atoms with Crippen LogP contribution in [0.15, 0.2) is 6.20 Å². The van der Waals surface area contributed by atoms with Crippen molar-refractivity contribution in [3.05, 3.63) is 23.3 Å². The van der Waals surface area contributed by atoms with E-state index >= 15 is 0 Å². The van der Waals surface area contributed by atoms with Crippen molar-refractivity contribution in [2.45, 2.75) is 224 Å². The molecule has 4 aliphatic heterocycles. The first kappa shape index (κ1) is 54.0. The van der Waals surface area contributed by atoms with E-state index in [0.717, 1.165) is 43.1 Å². The molecule has 1 saturated carbocycles. The quantitative estimate of drug-likeness (QED) is 0.294. The standard InChI is InChI=1S/C12H19N3.C12H24.C10H21N.C9H20N2.C9H19N/c1-9-13-7-10-8-15(12(2,3)4)6-5-11(10)14-9;1-5-10-6-8-11(9-7-10)12(2,3)4;1-5-9-6-7-11(8-9)10(2,3)4;1-9(2,3)11-7-5-10(4)6-8-11;1-9(2,3)10-7-5-4-6-8-10/h7H,5-6,8H2,1-4H3;10-11H,5-9H2,1-4H3;9H,5-8H2,1-4H3;5-8H2,1-4H3;4-8H2,1-3H3. The molecule has 0 amide bonds. The molecule has 346 valence electrons. The lowest BCUT2D eigenvalue weighted by atomic mass is 9.69. The van der Waals surface area contributed by atoms with Crippen LogP contribution in [0.4, 0.5) is 0 Å². The fourth-order valence-electron chi connectivity index (χ4n) is 9.24. The maximum absolute atomic E-state index is 4.49. The Morgan fingerprint density at radius 3 is 1.44 bits per heavy atom. The summed E-state index contributed by atoms with van der Waals surface area (Å²) in [7, 11) is 2.19. The van der Waals surface area contributed by atoms with E-state index in [1.807, 2.05) is 13.1 Å². The molecule has 3 saturated heterocycles. The summed E-state index contributed by atoms with van der Waals surface area (Å²) in [6.07, 6.45) is 17.4. The topological polar surface area (TPSA) is 42.0 Å². The molecule has 7 heteroatoms. The lowest BCUT2D eigenvalue weighted by Crippen LogP contribution is -2.52. The van der Waals surface area contributed by atoms with E-state index in [9.17, 15) is 0 Å². The van der Waals surface area contributed by atoms with E-state index in [2.05, 4.69) is 159 Å². The Morgan fingerprint density at radius 2 is 1.03 bits per heavy atom. The van der Waals surface area contributed by atoms with Gasteiger partial charge in [0.2, 0.25) is 0 Å². The second-order valence-corrected chi connectivity index (χ2v) is 24.1. The summed E-state index contributed by atoms with van der Waals surface area (Å²) in [4.78, 5) is 21.4. The van der Waals surface area contributed by atoms with Crippen LogP contribution in [0.1, 0.15) is 199 Å². The molecular formula is C52H103N7. The van der Waals surface area contributed by atoms with Crippen LogP contribution in [-0.2, 0) is 13.0 Å². The van der Waals surface area contributed by atoms with Gasteiger partial charge in [-0.2, -0.15) is 0 Å². The minimum absolute atomic E-state index is 0.239. The molecule has 1 aromatic heterocycles. The van der Waals surface area contributed by atoms with Crippen molar-refractivity contribution >= 4 is 0 Å². The van der Waals surface area contributed by atoms with Crippen LogP contribution in [0.3, 0.4) is 0 Å². The minimum Gasteiger partial charge on any atom is -0.304 e. The summed E-state index contributed by atoms with van der Waals surface area (Å²) in [5, 5.41) is 0. The maximum Gasteiger partial charge on any atom is 0.125 e. The Labute approximate surface area is 369 Å². The lowest BCUT2D eigenvalue weighted by Gasteiger charge is -2.41. The van der Waals surface area contributed by atoms with Crippen molar-refractivity contribution in [1.82, 2.24) is 34.5 Å². The number of likely N-dealkylation sites (tertiary alicyclic amines) is 2. The van der Waals surface area contributed by atoms with Gasteiger partial charge in [-0.1, -0.05) is 66.7 Å². The van der Waals surface area contributed by atoms with Crippen LogP contribution in [0.5, 0.6) is 0 Å². The predicted molar refractivity (Wildman–Crippen MR) is 260 cm³/mol. The van der Waals surface area contributed by atoms with Crippen molar-refractivity contribution in [1.29, 1.82) is 0 Å². The number of likely N-dealkylation sites (N-methyl/N-ethyl adjacent to an activating group) is 1. The zero-order chi connectivity index (χ0) is 44.8. The van der Waals surface area contributed by atoms with E-state index in [-0.39, 0.29) is 5.54 Å². The van der Waals surface area contributed by atoms with Gasteiger partial charge in [-0.15, -0.1) is 0 Å². The number of rotatable bonds is 2. The Morgan fingerprint density at radius 1 is 0.542 bits per heavy atom. The van der Waals surface area contributed by atoms with Gasteiger partial charge in [-0.3, -0.25) is 19.6 Å². The second kappa shape index (κ2) is 24.1. The number of hydrogen-bond acceptors (Lipinski definition) is 7. The van der Waals surface area contributed by atoms with E-state index in [0.29, 0.717) is 22.0 Å². The van der Waals surface area contributed by atoms with Gasteiger partial charge in [0.25, 0.3) is 0 Å². The Balaban J connectivity index is 0.000000256. The Hall–Kier alpha value is -1.12. The molecule has 59 heavy (non-hydrogen) atoms. The first-order valence-corrected chi connectivity index (χ1v) is 24.6. The van der Waals surface area contributed by atoms with Crippen molar-refractivity contribution in [3.63, 3.8) is 0 Å². The molecule has 0 aromatic carbocycles. The average Bonchev–Trinajstić information content (AvgIpc) is 3.66. The van der Waals surface area contributed by atoms with Gasteiger partial charge >= 0.3 is 0 Å². The second-order valence-electron chi connectivity index (χ2n) is 24.1. The molecule has 4 fully saturated rings. The lowest BCUT2D eigenvalue weighted by molar-refractivity contribution is 0.0735. The van der Waals surface area contributed by atoms with Gasteiger partial charge in [-0.25, -0.2) is 9.97 Å². The minimum atomic E-state index is 0.239. The molecule has 5 aliphatic rings. The summed E-state index contributed by atoms with van der Waals surface area (Å²) >= 11 is 0. The highest BCUT2D eigenvalue weighted by Crippen LogP contribution is 2.40. The molecule has 7 nitrogen and oxygen atoms in total. The van der Waals surface area contributed by atoms with Gasteiger partial charge in [0.05, 0.1) is 0 Å². The Bertz CT molecular complexity index is 1260. The summed E-state index contributed by atoms with van der Waals surface area (Å²) < 4.78 is 0. The highest BCUT2D eigenvalue weighted by atomic mass is 15.3. The number of aryl methyl sites for hydroxylation is 1.